The normalized spacial score (nSPS) is 11.9. The van der Waals surface area contributed by atoms with Gasteiger partial charge in [-0.1, -0.05) is 67.2 Å². The van der Waals surface area contributed by atoms with Gasteiger partial charge in [0.15, 0.2) is 5.82 Å². The van der Waals surface area contributed by atoms with Crippen molar-refractivity contribution in [3.05, 3.63) is 60.7 Å². The fraction of sp³-hybridized carbons (Fsp3) is 0.167. The van der Waals surface area contributed by atoms with Crippen molar-refractivity contribution in [2.45, 2.75) is 23.8 Å². The molecule has 0 bridgehead atoms. The number of aromatic amines is 1. The molecule has 6 heteroatoms. The van der Waals surface area contributed by atoms with Crippen LogP contribution in [0.2, 0.25) is 0 Å². The number of carbonyl (C=O) groups excluding carboxylic acids is 1. The molecule has 1 atom stereocenters. The van der Waals surface area contributed by atoms with E-state index in [1.165, 1.54) is 11.8 Å². The van der Waals surface area contributed by atoms with Crippen molar-refractivity contribution in [3.8, 4) is 11.4 Å². The highest BCUT2D eigenvalue weighted by Crippen LogP contribution is 2.25. The third-order valence-corrected chi connectivity index (χ3v) is 4.69. The van der Waals surface area contributed by atoms with E-state index >= 15 is 0 Å². The minimum absolute atomic E-state index is 0.0419. The molecule has 1 unspecified atom stereocenters. The van der Waals surface area contributed by atoms with Crippen LogP contribution in [-0.4, -0.2) is 26.3 Å². The lowest BCUT2D eigenvalue weighted by Gasteiger charge is -2.12. The second kappa shape index (κ2) is 7.79. The number of nitrogens with zero attached hydrogens (tertiary/aromatic N) is 2. The summed E-state index contributed by atoms with van der Waals surface area (Å²) in [6.07, 6.45) is 0.693. The summed E-state index contributed by atoms with van der Waals surface area (Å²) in [4.78, 5) is 16.9. The van der Waals surface area contributed by atoms with Gasteiger partial charge in [-0.2, -0.15) is 0 Å². The fourth-order valence-corrected chi connectivity index (χ4v) is 3.05. The molecular weight excluding hydrogens is 320 g/mol. The van der Waals surface area contributed by atoms with Crippen LogP contribution in [0.3, 0.4) is 0 Å². The Morgan fingerprint density at radius 1 is 1.12 bits per heavy atom. The molecule has 2 N–H and O–H groups in total. The Labute approximate surface area is 144 Å². The van der Waals surface area contributed by atoms with E-state index in [4.69, 9.17) is 0 Å². The SMILES string of the molecule is CCC(Sc1n[nH]c(-c2ccccc2)n1)C(=O)Nc1ccccc1. The first kappa shape index (κ1) is 16.3. The van der Waals surface area contributed by atoms with Gasteiger partial charge in [-0.3, -0.25) is 9.89 Å². The molecule has 0 fully saturated rings. The van der Waals surface area contributed by atoms with E-state index in [0.717, 1.165) is 11.3 Å². The lowest BCUT2D eigenvalue weighted by atomic mass is 10.2. The number of hydrogen-bond acceptors (Lipinski definition) is 4. The number of rotatable bonds is 6. The number of anilines is 1. The van der Waals surface area contributed by atoms with E-state index in [2.05, 4.69) is 20.5 Å². The van der Waals surface area contributed by atoms with Gasteiger partial charge in [-0.25, -0.2) is 4.98 Å². The van der Waals surface area contributed by atoms with E-state index in [1.54, 1.807) is 0 Å². The zero-order chi connectivity index (χ0) is 16.8. The summed E-state index contributed by atoms with van der Waals surface area (Å²) >= 11 is 1.37. The summed E-state index contributed by atoms with van der Waals surface area (Å²) in [5.74, 6) is 0.663. The highest BCUT2D eigenvalue weighted by atomic mass is 32.2. The lowest BCUT2D eigenvalue weighted by molar-refractivity contribution is -0.115. The second-order valence-electron chi connectivity index (χ2n) is 5.20. The van der Waals surface area contributed by atoms with Crippen molar-refractivity contribution in [2.75, 3.05) is 5.32 Å². The number of hydrogen-bond donors (Lipinski definition) is 2. The van der Waals surface area contributed by atoms with Crippen molar-refractivity contribution in [3.63, 3.8) is 0 Å². The average Bonchev–Trinajstić information content (AvgIpc) is 3.10. The second-order valence-corrected chi connectivity index (χ2v) is 6.37. The number of thioether (sulfide) groups is 1. The van der Waals surface area contributed by atoms with Crippen LogP contribution in [0.5, 0.6) is 0 Å². The maximum atomic E-state index is 12.4. The Bertz CT molecular complexity index is 789. The summed E-state index contributed by atoms with van der Waals surface area (Å²) in [6, 6.07) is 19.2. The first-order valence-corrected chi connectivity index (χ1v) is 8.64. The van der Waals surface area contributed by atoms with Crippen LogP contribution in [-0.2, 0) is 4.79 Å². The Balaban J connectivity index is 1.67. The third-order valence-electron chi connectivity index (χ3n) is 3.46. The van der Waals surface area contributed by atoms with Crippen LogP contribution < -0.4 is 5.32 Å². The molecule has 2 aromatic carbocycles. The van der Waals surface area contributed by atoms with E-state index in [9.17, 15) is 4.79 Å². The van der Waals surface area contributed by atoms with Crippen molar-refractivity contribution < 1.29 is 4.79 Å². The quantitative estimate of drug-likeness (QED) is 0.667. The fourth-order valence-electron chi connectivity index (χ4n) is 2.22. The van der Waals surface area contributed by atoms with Crippen molar-refractivity contribution in [1.82, 2.24) is 15.2 Å². The molecule has 0 saturated heterocycles. The smallest absolute Gasteiger partial charge is 0.237 e. The Morgan fingerprint density at radius 3 is 2.46 bits per heavy atom. The number of H-pyrrole nitrogens is 1. The summed E-state index contributed by atoms with van der Waals surface area (Å²) in [5.41, 5.74) is 1.76. The molecule has 1 aromatic heterocycles. The zero-order valence-electron chi connectivity index (χ0n) is 13.3. The van der Waals surface area contributed by atoms with E-state index in [1.807, 2.05) is 67.6 Å². The van der Waals surface area contributed by atoms with Crippen LogP contribution in [0.1, 0.15) is 13.3 Å². The number of aromatic nitrogens is 3. The zero-order valence-corrected chi connectivity index (χ0v) is 14.1. The van der Waals surface area contributed by atoms with Gasteiger partial charge in [-0.15, -0.1) is 5.10 Å². The van der Waals surface area contributed by atoms with Crippen molar-refractivity contribution in [1.29, 1.82) is 0 Å². The molecule has 3 aromatic rings. The van der Waals surface area contributed by atoms with Gasteiger partial charge in [0, 0.05) is 11.3 Å². The number of carbonyl (C=O) groups is 1. The Morgan fingerprint density at radius 2 is 1.79 bits per heavy atom. The molecule has 1 heterocycles. The number of para-hydroxylation sites is 1. The maximum absolute atomic E-state index is 12.4. The summed E-state index contributed by atoms with van der Waals surface area (Å²) in [7, 11) is 0. The van der Waals surface area contributed by atoms with Gasteiger partial charge >= 0.3 is 0 Å². The molecule has 0 spiro atoms. The summed E-state index contributed by atoms with van der Waals surface area (Å²) < 4.78 is 0. The van der Waals surface area contributed by atoms with Gasteiger partial charge in [0.05, 0.1) is 5.25 Å². The number of benzene rings is 2. The van der Waals surface area contributed by atoms with Crippen molar-refractivity contribution in [2.24, 2.45) is 0 Å². The molecule has 122 valence electrons. The van der Waals surface area contributed by atoms with Crippen LogP contribution >= 0.6 is 11.8 Å². The number of nitrogens with one attached hydrogen (secondary N) is 2. The van der Waals surface area contributed by atoms with E-state index < -0.39 is 0 Å². The first-order valence-electron chi connectivity index (χ1n) is 7.76. The highest BCUT2D eigenvalue weighted by molar-refractivity contribution is 8.00. The predicted molar refractivity (Wildman–Crippen MR) is 96.8 cm³/mol. The molecule has 5 nitrogen and oxygen atoms in total. The lowest BCUT2D eigenvalue weighted by Crippen LogP contribution is -2.24. The van der Waals surface area contributed by atoms with Gasteiger partial charge in [0.25, 0.3) is 0 Å². The minimum atomic E-state index is -0.246. The van der Waals surface area contributed by atoms with E-state index in [-0.39, 0.29) is 11.2 Å². The minimum Gasteiger partial charge on any atom is -0.325 e. The molecule has 3 rings (SSSR count). The van der Waals surface area contributed by atoms with Crippen LogP contribution in [0, 0.1) is 0 Å². The Hall–Kier alpha value is -2.60. The standard InChI is InChI=1S/C18H18N4OS/c1-2-15(17(23)19-14-11-7-4-8-12-14)24-18-20-16(21-22-18)13-9-5-3-6-10-13/h3-12,15H,2H2,1H3,(H,19,23)(H,20,21,22). The molecule has 1 amide bonds. The molecular formula is C18H18N4OS. The van der Waals surface area contributed by atoms with Crippen molar-refractivity contribution >= 4 is 23.4 Å². The molecule has 0 aliphatic carbocycles. The molecule has 0 radical (unpaired) electrons. The van der Waals surface area contributed by atoms with Crippen LogP contribution in [0.15, 0.2) is 65.8 Å². The van der Waals surface area contributed by atoms with Crippen LogP contribution in [0.25, 0.3) is 11.4 Å². The largest absolute Gasteiger partial charge is 0.325 e. The Kier molecular flexibility index (Phi) is 5.28. The summed E-state index contributed by atoms with van der Waals surface area (Å²) in [5, 5.41) is 10.4. The molecule has 0 saturated carbocycles. The molecule has 0 aliphatic heterocycles. The monoisotopic (exact) mass is 338 g/mol. The third kappa shape index (κ3) is 4.02. The van der Waals surface area contributed by atoms with E-state index in [0.29, 0.717) is 17.4 Å². The van der Waals surface area contributed by atoms with Gasteiger partial charge in [0.2, 0.25) is 11.1 Å². The van der Waals surface area contributed by atoms with Gasteiger partial charge in [-0.05, 0) is 18.6 Å². The van der Waals surface area contributed by atoms with Gasteiger partial charge in [0.1, 0.15) is 0 Å². The maximum Gasteiger partial charge on any atom is 0.237 e. The summed E-state index contributed by atoms with van der Waals surface area (Å²) in [6.45, 7) is 1.98. The van der Waals surface area contributed by atoms with Gasteiger partial charge < -0.3 is 5.32 Å². The first-order chi connectivity index (χ1) is 11.8. The van der Waals surface area contributed by atoms with Crippen LogP contribution in [0.4, 0.5) is 5.69 Å². The molecule has 0 aliphatic rings. The number of amides is 1. The molecule has 24 heavy (non-hydrogen) atoms. The highest BCUT2D eigenvalue weighted by Gasteiger charge is 2.20. The predicted octanol–water partition coefficient (Wildman–Crippen LogP) is 3.98. The topological polar surface area (TPSA) is 70.7 Å². The average molecular weight is 338 g/mol.